The lowest BCUT2D eigenvalue weighted by atomic mass is 10.2. The molecule has 3 rings (SSSR count). The topological polar surface area (TPSA) is 34.1 Å². The van der Waals surface area contributed by atoms with E-state index in [-0.39, 0.29) is 11.9 Å². The van der Waals surface area contributed by atoms with Crippen LogP contribution in [0.1, 0.15) is 10.4 Å². The average molecular weight is 399 g/mol. The van der Waals surface area contributed by atoms with Crippen molar-refractivity contribution < 1.29 is 9.36 Å². The molecule has 0 radical (unpaired) electrons. The van der Waals surface area contributed by atoms with E-state index in [9.17, 15) is 9.36 Å². The molecule has 0 atom stereocenters. The molecule has 0 unspecified atom stereocenters. The molecule has 0 spiro atoms. The first-order valence-corrected chi connectivity index (χ1v) is 10.3. The zero-order chi connectivity index (χ0) is 17.0. The third-order valence-corrected chi connectivity index (χ3v) is 7.40. The summed E-state index contributed by atoms with van der Waals surface area (Å²) in [5, 5.41) is 1.42. The predicted octanol–water partition coefficient (Wildman–Crippen LogP) is 4.65. The van der Waals surface area contributed by atoms with Gasteiger partial charge in [0.15, 0.2) is 12.9 Å². The molecule has 0 bridgehead atoms. The van der Waals surface area contributed by atoms with Crippen LogP contribution in [0, 0.1) is 0 Å². The van der Waals surface area contributed by atoms with Gasteiger partial charge in [-0.15, -0.1) is 0 Å². The van der Waals surface area contributed by atoms with Gasteiger partial charge in [0.25, 0.3) is 0 Å². The fraction of sp³-hybridized carbons (Fsp3) is 0.0500. The van der Waals surface area contributed by atoms with Gasteiger partial charge in [-0.2, -0.15) is 0 Å². The van der Waals surface area contributed by atoms with E-state index in [1.165, 1.54) is 0 Å². The normalized spacial score (nSPS) is 11.2. The molecular formula is C20H16BrO2P. The molecule has 0 aliphatic rings. The van der Waals surface area contributed by atoms with Crippen molar-refractivity contribution in [3.63, 3.8) is 0 Å². The fourth-order valence-corrected chi connectivity index (χ4v) is 5.42. The minimum Gasteiger partial charge on any atom is -0.313 e. The SMILES string of the molecule is O=C(CP(=O)(c1ccccc1)c1ccccc1)c1ccc(Br)cc1. The molecule has 3 aromatic carbocycles. The molecule has 2 nitrogen and oxygen atoms in total. The maximum atomic E-state index is 13.8. The molecule has 0 saturated carbocycles. The summed E-state index contributed by atoms with van der Waals surface area (Å²) in [4.78, 5) is 12.7. The van der Waals surface area contributed by atoms with Gasteiger partial charge in [-0.05, 0) is 12.1 Å². The Kier molecular flexibility index (Phi) is 5.13. The quantitative estimate of drug-likeness (QED) is 0.463. The molecule has 0 aliphatic carbocycles. The summed E-state index contributed by atoms with van der Waals surface area (Å²) in [5.41, 5.74) is 0.574. The van der Waals surface area contributed by atoms with E-state index in [1.807, 2.05) is 72.8 Å². The van der Waals surface area contributed by atoms with Gasteiger partial charge >= 0.3 is 0 Å². The summed E-state index contributed by atoms with van der Waals surface area (Å²) in [6.45, 7) is 0. The molecule has 0 N–H and O–H groups in total. The third-order valence-electron chi connectivity index (χ3n) is 3.88. The van der Waals surface area contributed by atoms with Gasteiger partial charge in [0.05, 0.1) is 6.16 Å². The Labute approximate surface area is 150 Å². The van der Waals surface area contributed by atoms with Crippen molar-refractivity contribution in [2.24, 2.45) is 0 Å². The molecule has 0 fully saturated rings. The largest absolute Gasteiger partial charge is 0.313 e. The minimum atomic E-state index is -3.02. The van der Waals surface area contributed by atoms with Crippen molar-refractivity contribution in [1.82, 2.24) is 0 Å². The second-order valence-corrected chi connectivity index (χ2v) is 9.24. The maximum Gasteiger partial charge on any atom is 0.170 e. The van der Waals surface area contributed by atoms with E-state index in [0.29, 0.717) is 16.2 Å². The van der Waals surface area contributed by atoms with Crippen LogP contribution < -0.4 is 10.6 Å². The van der Waals surface area contributed by atoms with Crippen LogP contribution in [0.3, 0.4) is 0 Å². The van der Waals surface area contributed by atoms with Crippen LogP contribution >= 0.6 is 23.1 Å². The van der Waals surface area contributed by atoms with Crippen LogP contribution in [-0.2, 0) is 4.57 Å². The number of hydrogen-bond donors (Lipinski definition) is 0. The highest BCUT2D eigenvalue weighted by Crippen LogP contribution is 2.43. The number of halogens is 1. The Morgan fingerprint density at radius 2 is 1.21 bits per heavy atom. The van der Waals surface area contributed by atoms with Crippen molar-refractivity contribution in [3.8, 4) is 0 Å². The van der Waals surface area contributed by atoms with Crippen molar-refractivity contribution in [2.75, 3.05) is 6.16 Å². The Bertz CT molecular complexity index is 831. The molecular weight excluding hydrogens is 383 g/mol. The fourth-order valence-electron chi connectivity index (χ4n) is 2.60. The number of rotatable bonds is 5. The monoisotopic (exact) mass is 398 g/mol. The summed E-state index contributed by atoms with van der Waals surface area (Å²) in [6.07, 6.45) is -0.0113. The second kappa shape index (κ2) is 7.29. The molecule has 0 aliphatic heterocycles. The van der Waals surface area contributed by atoms with Gasteiger partial charge < -0.3 is 4.57 Å². The Morgan fingerprint density at radius 1 is 0.750 bits per heavy atom. The maximum absolute atomic E-state index is 13.8. The molecule has 0 aromatic heterocycles. The van der Waals surface area contributed by atoms with E-state index >= 15 is 0 Å². The summed E-state index contributed by atoms with van der Waals surface area (Å²) in [5.74, 6) is -0.112. The first-order chi connectivity index (χ1) is 11.6. The van der Waals surface area contributed by atoms with Crippen LogP contribution in [0.5, 0.6) is 0 Å². The first-order valence-electron chi connectivity index (χ1n) is 7.59. The van der Waals surface area contributed by atoms with Crippen LogP contribution in [-0.4, -0.2) is 11.9 Å². The lowest BCUT2D eigenvalue weighted by Crippen LogP contribution is -2.22. The predicted molar refractivity (Wildman–Crippen MR) is 103 cm³/mol. The number of carbonyl (C=O) groups is 1. The van der Waals surface area contributed by atoms with Crippen molar-refractivity contribution in [3.05, 3.63) is 95.0 Å². The molecule has 120 valence electrons. The van der Waals surface area contributed by atoms with Gasteiger partial charge in [0.2, 0.25) is 0 Å². The number of carbonyl (C=O) groups excluding carboxylic acids is 1. The average Bonchev–Trinajstić information content (AvgIpc) is 2.63. The Balaban J connectivity index is 2.02. The number of benzene rings is 3. The lowest BCUT2D eigenvalue weighted by molar-refractivity contribution is 0.102. The number of hydrogen-bond acceptors (Lipinski definition) is 2. The van der Waals surface area contributed by atoms with Crippen LogP contribution in [0.25, 0.3) is 0 Å². The standard InChI is InChI=1S/C20H16BrO2P/c21-17-13-11-16(12-14-17)20(22)15-24(23,18-7-3-1-4-8-18)19-9-5-2-6-10-19/h1-14H,15H2. The smallest absolute Gasteiger partial charge is 0.170 e. The van der Waals surface area contributed by atoms with E-state index in [4.69, 9.17) is 0 Å². The zero-order valence-electron chi connectivity index (χ0n) is 12.9. The van der Waals surface area contributed by atoms with Crippen molar-refractivity contribution in [2.45, 2.75) is 0 Å². The van der Waals surface area contributed by atoms with Gasteiger partial charge in [-0.25, -0.2) is 0 Å². The van der Waals surface area contributed by atoms with Crippen LogP contribution in [0.15, 0.2) is 89.4 Å². The van der Waals surface area contributed by atoms with Gasteiger partial charge in [0, 0.05) is 20.6 Å². The summed E-state index contributed by atoms with van der Waals surface area (Å²) in [6, 6.07) is 25.7. The summed E-state index contributed by atoms with van der Waals surface area (Å²) < 4.78 is 14.7. The number of ketones is 1. The van der Waals surface area contributed by atoms with E-state index in [1.54, 1.807) is 12.1 Å². The molecule has 0 saturated heterocycles. The molecule has 0 heterocycles. The Hall–Kier alpha value is -1.96. The van der Waals surface area contributed by atoms with E-state index in [2.05, 4.69) is 15.9 Å². The van der Waals surface area contributed by atoms with E-state index < -0.39 is 7.14 Å². The Morgan fingerprint density at radius 3 is 1.67 bits per heavy atom. The first kappa shape index (κ1) is 16.9. The minimum absolute atomic E-state index is 0.0113. The van der Waals surface area contributed by atoms with Crippen molar-refractivity contribution in [1.29, 1.82) is 0 Å². The molecule has 0 amide bonds. The highest BCUT2D eigenvalue weighted by Gasteiger charge is 2.30. The van der Waals surface area contributed by atoms with Gasteiger partial charge in [0.1, 0.15) is 0 Å². The van der Waals surface area contributed by atoms with Gasteiger partial charge in [-0.1, -0.05) is 88.7 Å². The highest BCUT2D eigenvalue weighted by atomic mass is 79.9. The molecule has 3 aromatic rings. The summed E-state index contributed by atoms with van der Waals surface area (Å²) >= 11 is 3.36. The number of Topliss-reactive ketones (excluding diaryl/α,β-unsaturated/α-hetero) is 1. The van der Waals surface area contributed by atoms with E-state index in [0.717, 1.165) is 4.47 Å². The van der Waals surface area contributed by atoms with Crippen LogP contribution in [0.4, 0.5) is 0 Å². The van der Waals surface area contributed by atoms with Crippen molar-refractivity contribution >= 4 is 39.5 Å². The van der Waals surface area contributed by atoms with Crippen LogP contribution in [0.2, 0.25) is 0 Å². The molecule has 24 heavy (non-hydrogen) atoms. The zero-order valence-corrected chi connectivity index (χ0v) is 15.4. The second-order valence-electron chi connectivity index (χ2n) is 5.50. The highest BCUT2D eigenvalue weighted by molar-refractivity contribution is 9.10. The van der Waals surface area contributed by atoms with Gasteiger partial charge in [-0.3, -0.25) is 4.79 Å². The summed E-state index contributed by atoms with van der Waals surface area (Å²) in [7, 11) is -3.02. The lowest BCUT2D eigenvalue weighted by Gasteiger charge is -2.18. The third kappa shape index (κ3) is 3.58. The molecule has 4 heteroatoms.